The Kier molecular flexibility index (Phi) is 6.31. The van der Waals surface area contributed by atoms with E-state index in [-0.39, 0.29) is 12.0 Å². The number of nitrogens with two attached hydrogens (primary N) is 1. The van der Waals surface area contributed by atoms with E-state index in [1.165, 1.54) is 10.4 Å². The third kappa shape index (κ3) is 4.21. The van der Waals surface area contributed by atoms with Crippen molar-refractivity contribution >= 4 is 27.5 Å². The molecule has 2 N–H and O–H groups in total. The fourth-order valence-corrected chi connectivity index (χ4v) is 6.89. The molecule has 0 spiro atoms. The van der Waals surface area contributed by atoms with Crippen molar-refractivity contribution in [1.82, 2.24) is 9.88 Å². The summed E-state index contributed by atoms with van der Waals surface area (Å²) in [6, 6.07) is 4.70. The van der Waals surface area contributed by atoms with Gasteiger partial charge in [-0.15, -0.1) is 11.3 Å². The fourth-order valence-electron chi connectivity index (χ4n) is 5.63. The molecule has 32 heavy (non-hydrogen) atoms. The van der Waals surface area contributed by atoms with Gasteiger partial charge in [0.25, 0.3) is 0 Å². The van der Waals surface area contributed by atoms with E-state index in [1.807, 2.05) is 12.3 Å². The minimum Gasteiger partial charge on any atom is -0.490 e. The standard InChI is InChI=1S/C24H30N4O3S/c25-14-16(23(26)29)13-15-1-6-20-21(15)22-19(7-8-27-24(22)32-20)31-18-4-2-17(3-5-18)28-9-11-30-12-10-28/h7-8,15-18H,1-6,9-13H2,(H2,26,29)/t15-,16-,17?,18?/m1/s1. The molecular weight excluding hydrogens is 424 g/mol. The zero-order chi connectivity index (χ0) is 22.1. The van der Waals surface area contributed by atoms with Gasteiger partial charge in [0.05, 0.1) is 30.8 Å². The quantitative estimate of drug-likeness (QED) is 0.718. The van der Waals surface area contributed by atoms with Crippen LogP contribution in [-0.4, -0.2) is 54.2 Å². The molecule has 2 aliphatic carbocycles. The summed E-state index contributed by atoms with van der Waals surface area (Å²) < 4.78 is 12.1. The maximum Gasteiger partial charge on any atom is 0.234 e. The number of nitriles is 1. The number of aromatic nitrogens is 1. The van der Waals surface area contributed by atoms with Crippen molar-refractivity contribution in [2.24, 2.45) is 11.7 Å². The lowest BCUT2D eigenvalue weighted by atomic mass is 9.89. The Bertz CT molecular complexity index is 1020. The first-order valence-electron chi connectivity index (χ1n) is 11.7. The van der Waals surface area contributed by atoms with Gasteiger partial charge in [-0.25, -0.2) is 4.98 Å². The number of amides is 1. The van der Waals surface area contributed by atoms with Crippen LogP contribution in [0.25, 0.3) is 10.2 Å². The molecule has 1 amide bonds. The van der Waals surface area contributed by atoms with Gasteiger partial charge in [-0.1, -0.05) is 0 Å². The van der Waals surface area contributed by atoms with Crippen LogP contribution in [0.4, 0.5) is 0 Å². The summed E-state index contributed by atoms with van der Waals surface area (Å²) in [4.78, 5) is 21.1. The molecule has 2 aromatic heterocycles. The number of pyridine rings is 1. The van der Waals surface area contributed by atoms with Crippen molar-refractivity contribution < 1.29 is 14.3 Å². The second kappa shape index (κ2) is 9.34. The number of carbonyl (C=O) groups excluding carboxylic acids is 1. The van der Waals surface area contributed by atoms with Gasteiger partial charge in [-0.3, -0.25) is 9.69 Å². The third-order valence-corrected chi connectivity index (χ3v) is 8.49. The lowest BCUT2D eigenvalue weighted by Crippen LogP contribution is -2.46. The number of primary amides is 1. The maximum atomic E-state index is 11.7. The van der Waals surface area contributed by atoms with E-state index in [0.29, 0.717) is 12.5 Å². The zero-order valence-electron chi connectivity index (χ0n) is 18.3. The van der Waals surface area contributed by atoms with E-state index >= 15 is 0 Å². The molecule has 1 aliphatic heterocycles. The summed E-state index contributed by atoms with van der Waals surface area (Å²) >= 11 is 1.72. The van der Waals surface area contributed by atoms with E-state index in [2.05, 4.69) is 16.0 Å². The van der Waals surface area contributed by atoms with Gasteiger partial charge >= 0.3 is 0 Å². The van der Waals surface area contributed by atoms with E-state index in [4.69, 9.17) is 15.2 Å². The van der Waals surface area contributed by atoms with E-state index in [1.54, 1.807) is 11.3 Å². The van der Waals surface area contributed by atoms with Crippen LogP contribution < -0.4 is 10.5 Å². The van der Waals surface area contributed by atoms with Crippen LogP contribution in [0.1, 0.15) is 54.9 Å². The largest absolute Gasteiger partial charge is 0.490 e. The van der Waals surface area contributed by atoms with Crippen LogP contribution >= 0.6 is 11.3 Å². The Labute approximate surface area is 192 Å². The number of hydrogen-bond donors (Lipinski definition) is 1. The number of morpholine rings is 1. The number of nitrogens with zero attached hydrogens (tertiary/aromatic N) is 3. The number of carbonyl (C=O) groups is 1. The molecule has 1 saturated carbocycles. The molecule has 2 atom stereocenters. The Morgan fingerprint density at radius 2 is 2.09 bits per heavy atom. The molecule has 3 heterocycles. The number of aryl methyl sites for hydroxylation is 1. The minimum absolute atomic E-state index is 0.152. The van der Waals surface area contributed by atoms with Gasteiger partial charge in [0, 0.05) is 30.2 Å². The lowest BCUT2D eigenvalue weighted by molar-refractivity contribution is -0.120. The van der Waals surface area contributed by atoms with Gasteiger partial charge in [0.1, 0.15) is 16.5 Å². The monoisotopic (exact) mass is 454 g/mol. The summed E-state index contributed by atoms with van der Waals surface area (Å²) in [7, 11) is 0. The predicted octanol–water partition coefficient (Wildman–Crippen LogP) is 3.36. The normalized spacial score (nSPS) is 27.0. The highest BCUT2D eigenvalue weighted by Crippen LogP contribution is 2.48. The molecule has 0 bridgehead atoms. The number of rotatable bonds is 6. The van der Waals surface area contributed by atoms with Crippen LogP contribution in [0.5, 0.6) is 5.75 Å². The fraction of sp³-hybridized carbons (Fsp3) is 0.625. The highest BCUT2D eigenvalue weighted by atomic mass is 32.1. The van der Waals surface area contributed by atoms with E-state index in [0.717, 1.165) is 80.8 Å². The van der Waals surface area contributed by atoms with Gasteiger partial charge in [-0.05, 0) is 62.5 Å². The minimum atomic E-state index is -0.752. The smallest absolute Gasteiger partial charge is 0.234 e. The van der Waals surface area contributed by atoms with Crippen molar-refractivity contribution in [3.05, 3.63) is 22.7 Å². The van der Waals surface area contributed by atoms with Crippen molar-refractivity contribution in [2.45, 2.75) is 63.0 Å². The van der Waals surface area contributed by atoms with Crippen molar-refractivity contribution in [2.75, 3.05) is 26.3 Å². The Morgan fingerprint density at radius 1 is 1.31 bits per heavy atom. The average molecular weight is 455 g/mol. The Hall–Kier alpha value is -2.21. The van der Waals surface area contributed by atoms with Crippen LogP contribution in [0.2, 0.25) is 0 Å². The first kappa shape index (κ1) is 21.6. The summed E-state index contributed by atoms with van der Waals surface area (Å²) in [5, 5.41) is 10.4. The molecular formula is C24H30N4O3S. The summed E-state index contributed by atoms with van der Waals surface area (Å²) in [5.74, 6) is -0.231. The van der Waals surface area contributed by atoms with Gasteiger partial charge < -0.3 is 15.2 Å². The average Bonchev–Trinajstić information content (AvgIpc) is 3.38. The van der Waals surface area contributed by atoms with Crippen molar-refractivity contribution in [1.29, 1.82) is 5.26 Å². The molecule has 0 unspecified atom stereocenters. The molecule has 7 nitrogen and oxygen atoms in total. The first-order valence-corrected chi connectivity index (χ1v) is 12.5. The zero-order valence-corrected chi connectivity index (χ0v) is 19.1. The second-order valence-corrected chi connectivity index (χ2v) is 10.3. The van der Waals surface area contributed by atoms with E-state index < -0.39 is 11.8 Å². The van der Waals surface area contributed by atoms with Crippen LogP contribution in [-0.2, 0) is 16.0 Å². The summed E-state index contributed by atoms with van der Waals surface area (Å²) in [6.45, 7) is 3.77. The topological polar surface area (TPSA) is 101 Å². The highest BCUT2D eigenvalue weighted by Gasteiger charge is 2.34. The lowest BCUT2D eigenvalue weighted by Gasteiger charge is -2.38. The van der Waals surface area contributed by atoms with E-state index in [9.17, 15) is 10.1 Å². The third-order valence-electron chi connectivity index (χ3n) is 7.31. The summed E-state index contributed by atoms with van der Waals surface area (Å²) in [6.07, 6.45) is 8.86. The Morgan fingerprint density at radius 3 is 2.81 bits per heavy atom. The predicted molar refractivity (Wildman–Crippen MR) is 123 cm³/mol. The Balaban J connectivity index is 1.32. The second-order valence-electron chi connectivity index (χ2n) is 9.18. The maximum absolute atomic E-state index is 11.7. The molecule has 8 heteroatoms. The molecule has 170 valence electrons. The van der Waals surface area contributed by atoms with Gasteiger partial charge in [-0.2, -0.15) is 5.26 Å². The molecule has 0 aromatic carbocycles. The SMILES string of the molecule is N#C[C@@H](C[C@H]1CCc2sc3nccc(OC4CCC(N5CCOCC5)CC4)c3c21)C(N)=O. The first-order chi connectivity index (χ1) is 15.6. The molecule has 1 saturated heterocycles. The molecule has 5 rings (SSSR count). The number of ether oxygens (including phenoxy) is 2. The summed E-state index contributed by atoms with van der Waals surface area (Å²) in [5.41, 5.74) is 6.68. The molecule has 2 aromatic rings. The van der Waals surface area contributed by atoms with Crippen LogP contribution in [0, 0.1) is 17.2 Å². The molecule has 3 aliphatic rings. The van der Waals surface area contributed by atoms with Crippen molar-refractivity contribution in [3.63, 3.8) is 0 Å². The van der Waals surface area contributed by atoms with Crippen LogP contribution in [0.3, 0.4) is 0 Å². The number of hydrogen-bond acceptors (Lipinski definition) is 7. The highest BCUT2D eigenvalue weighted by molar-refractivity contribution is 7.19. The molecule has 0 radical (unpaired) electrons. The number of fused-ring (bicyclic) bond motifs is 3. The van der Waals surface area contributed by atoms with Gasteiger partial charge in [0.15, 0.2) is 0 Å². The number of thiophene rings is 1. The van der Waals surface area contributed by atoms with Crippen LogP contribution in [0.15, 0.2) is 12.3 Å². The van der Waals surface area contributed by atoms with Gasteiger partial charge in [0.2, 0.25) is 5.91 Å². The molecule has 2 fully saturated rings. The van der Waals surface area contributed by atoms with Crippen molar-refractivity contribution in [3.8, 4) is 11.8 Å².